The maximum Gasteiger partial charge on any atom is 0.261 e. The number of fused-ring (bicyclic) bond motifs is 2. The second-order valence-electron chi connectivity index (χ2n) is 5.59. The molecule has 0 fully saturated rings. The van der Waals surface area contributed by atoms with E-state index in [0.29, 0.717) is 29.8 Å². The second kappa shape index (κ2) is 5.05. The van der Waals surface area contributed by atoms with Crippen molar-refractivity contribution >= 4 is 22.6 Å². The summed E-state index contributed by atoms with van der Waals surface area (Å²) < 4.78 is 1.69. The first kappa shape index (κ1) is 13.7. The molecule has 0 N–H and O–H groups in total. The van der Waals surface area contributed by atoms with E-state index in [-0.39, 0.29) is 11.5 Å². The molecule has 1 aliphatic rings. The molecule has 5 heteroatoms. The molecule has 0 spiro atoms. The highest BCUT2D eigenvalue weighted by molar-refractivity contribution is 6.04. The van der Waals surface area contributed by atoms with Gasteiger partial charge < -0.3 is 0 Å². The van der Waals surface area contributed by atoms with Crippen LogP contribution in [0.1, 0.15) is 6.92 Å². The topological polar surface area (TPSA) is 55.2 Å². The summed E-state index contributed by atoms with van der Waals surface area (Å²) in [5.74, 6) is 0.586. The van der Waals surface area contributed by atoms with Gasteiger partial charge in [0.2, 0.25) is 5.91 Å². The SMILES string of the molecule is CC(=O)N1CCn2c1c(-c1ccccc1)c1ncccc1c2=O. The van der Waals surface area contributed by atoms with Crippen molar-refractivity contribution in [3.63, 3.8) is 0 Å². The Morgan fingerprint density at radius 1 is 1.09 bits per heavy atom. The summed E-state index contributed by atoms with van der Waals surface area (Å²) in [7, 11) is 0. The van der Waals surface area contributed by atoms with Crippen molar-refractivity contribution in [2.24, 2.45) is 0 Å². The van der Waals surface area contributed by atoms with Crippen LogP contribution in [0.4, 0.5) is 5.82 Å². The molecule has 5 nitrogen and oxygen atoms in total. The molecule has 0 radical (unpaired) electrons. The average Bonchev–Trinajstić information content (AvgIpc) is 3.01. The molecule has 0 aliphatic carbocycles. The maximum absolute atomic E-state index is 12.8. The minimum absolute atomic E-state index is 0.0666. The lowest BCUT2D eigenvalue weighted by atomic mass is 10.0. The van der Waals surface area contributed by atoms with Crippen molar-refractivity contribution in [1.82, 2.24) is 9.55 Å². The lowest BCUT2D eigenvalue weighted by molar-refractivity contribution is -0.116. The van der Waals surface area contributed by atoms with Crippen molar-refractivity contribution < 1.29 is 4.79 Å². The fraction of sp³-hybridized carbons (Fsp3) is 0.167. The van der Waals surface area contributed by atoms with Gasteiger partial charge in [-0.2, -0.15) is 0 Å². The molecule has 0 saturated carbocycles. The molecule has 23 heavy (non-hydrogen) atoms. The zero-order valence-electron chi connectivity index (χ0n) is 12.7. The monoisotopic (exact) mass is 305 g/mol. The van der Waals surface area contributed by atoms with Crippen LogP contribution in [-0.4, -0.2) is 22.0 Å². The van der Waals surface area contributed by atoms with Crippen LogP contribution >= 0.6 is 0 Å². The van der Waals surface area contributed by atoms with Crippen molar-refractivity contribution in [3.8, 4) is 11.1 Å². The predicted molar refractivity (Wildman–Crippen MR) is 89.5 cm³/mol. The van der Waals surface area contributed by atoms with E-state index in [2.05, 4.69) is 4.98 Å². The summed E-state index contributed by atoms with van der Waals surface area (Å²) in [6.45, 7) is 2.55. The number of nitrogens with zero attached hydrogens (tertiary/aromatic N) is 3. The van der Waals surface area contributed by atoms with Gasteiger partial charge >= 0.3 is 0 Å². The molecular formula is C18H15N3O2. The first-order chi connectivity index (χ1) is 11.2. The largest absolute Gasteiger partial charge is 0.296 e. The van der Waals surface area contributed by atoms with Crippen LogP contribution in [0.5, 0.6) is 0 Å². The molecule has 1 aliphatic heterocycles. The molecule has 4 rings (SSSR count). The minimum Gasteiger partial charge on any atom is -0.296 e. The van der Waals surface area contributed by atoms with E-state index in [1.165, 1.54) is 6.92 Å². The number of rotatable bonds is 1. The molecule has 3 aromatic rings. The molecule has 0 bridgehead atoms. The number of benzene rings is 1. The van der Waals surface area contributed by atoms with Crippen LogP contribution in [0.2, 0.25) is 0 Å². The van der Waals surface area contributed by atoms with Crippen LogP contribution in [-0.2, 0) is 11.3 Å². The van der Waals surface area contributed by atoms with E-state index in [0.717, 1.165) is 11.1 Å². The zero-order chi connectivity index (χ0) is 16.0. The quantitative estimate of drug-likeness (QED) is 0.694. The average molecular weight is 305 g/mol. The third-order valence-electron chi connectivity index (χ3n) is 4.24. The fourth-order valence-electron chi connectivity index (χ4n) is 3.23. The molecule has 114 valence electrons. The van der Waals surface area contributed by atoms with E-state index < -0.39 is 0 Å². The van der Waals surface area contributed by atoms with Crippen LogP contribution in [0.15, 0.2) is 53.5 Å². The Morgan fingerprint density at radius 3 is 2.61 bits per heavy atom. The normalized spacial score (nSPS) is 13.3. The van der Waals surface area contributed by atoms with Gasteiger partial charge in [-0.05, 0) is 17.7 Å². The number of pyridine rings is 2. The van der Waals surface area contributed by atoms with Gasteiger partial charge in [0.15, 0.2) is 0 Å². The molecule has 0 atom stereocenters. The number of carbonyl (C=O) groups excluding carboxylic acids is 1. The van der Waals surface area contributed by atoms with Crippen LogP contribution in [0.3, 0.4) is 0 Å². The lowest BCUT2D eigenvalue weighted by Crippen LogP contribution is -2.27. The molecule has 2 aromatic heterocycles. The van der Waals surface area contributed by atoms with Crippen molar-refractivity contribution in [1.29, 1.82) is 0 Å². The number of amides is 1. The van der Waals surface area contributed by atoms with Crippen LogP contribution < -0.4 is 10.5 Å². The van der Waals surface area contributed by atoms with Gasteiger partial charge in [0, 0.05) is 31.8 Å². The van der Waals surface area contributed by atoms with E-state index in [9.17, 15) is 9.59 Å². The highest BCUT2D eigenvalue weighted by atomic mass is 16.2. The van der Waals surface area contributed by atoms with Crippen LogP contribution in [0, 0.1) is 0 Å². The van der Waals surface area contributed by atoms with Crippen molar-refractivity contribution in [2.75, 3.05) is 11.4 Å². The van der Waals surface area contributed by atoms with Gasteiger partial charge in [0.05, 0.1) is 10.9 Å². The first-order valence-electron chi connectivity index (χ1n) is 7.53. The summed E-state index contributed by atoms with van der Waals surface area (Å²) in [6.07, 6.45) is 1.68. The molecule has 0 unspecified atom stereocenters. The zero-order valence-corrected chi connectivity index (χ0v) is 12.7. The van der Waals surface area contributed by atoms with Crippen molar-refractivity contribution in [2.45, 2.75) is 13.5 Å². The first-order valence-corrected chi connectivity index (χ1v) is 7.53. The highest BCUT2D eigenvalue weighted by Crippen LogP contribution is 2.37. The van der Waals surface area contributed by atoms with E-state index in [1.807, 2.05) is 30.3 Å². The molecular weight excluding hydrogens is 290 g/mol. The second-order valence-corrected chi connectivity index (χ2v) is 5.59. The predicted octanol–water partition coefficient (Wildman–Crippen LogP) is 2.43. The summed E-state index contributed by atoms with van der Waals surface area (Å²) in [4.78, 5) is 30.9. The summed E-state index contributed by atoms with van der Waals surface area (Å²) in [6, 6.07) is 13.3. The Kier molecular flexibility index (Phi) is 3.01. The number of anilines is 1. The van der Waals surface area contributed by atoms with Gasteiger partial charge in [-0.3, -0.25) is 24.0 Å². The smallest absolute Gasteiger partial charge is 0.261 e. The molecule has 1 aromatic carbocycles. The number of aromatic nitrogens is 2. The number of hydrogen-bond acceptors (Lipinski definition) is 3. The standard InChI is InChI=1S/C18H15N3O2/c1-12(22)20-10-11-21-17(20)15(13-6-3-2-4-7-13)16-14(18(21)23)8-5-9-19-16/h2-9H,10-11H2,1H3. The summed E-state index contributed by atoms with van der Waals surface area (Å²) in [5, 5.41) is 0.584. The van der Waals surface area contributed by atoms with Gasteiger partial charge in [0.1, 0.15) is 5.82 Å². The van der Waals surface area contributed by atoms with E-state index >= 15 is 0 Å². The number of carbonyl (C=O) groups is 1. The van der Waals surface area contributed by atoms with Gasteiger partial charge in [-0.1, -0.05) is 30.3 Å². The Bertz CT molecular complexity index is 977. The van der Waals surface area contributed by atoms with Gasteiger partial charge in [-0.15, -0.1) is 0 Å². The number of hydrogen-bond donors (Lipinski definition) is 0. The van der Waals surface area contributed by atoms with Crippen LogP contribution in [0.25, 0.3) is 22.0 Å². The Balaban J connectivity index is 2.19. The third kappa shape index (κ3) is 1.97. The van der Waals surface area contributed by atoms with E-state index in [1.54, 1.807) is 27.8 Å². The third-order valence-corrected chi connectivity index (χ3v) is 4.24. The highest BCUT2D eigenvalue weighted by Gasteiger charge is 2.29. The minimum atomic E-state index is -0.0912. The Hall–Kier alpha value is -2.95. The molecule has 3 heterocycles. The maximum atomic E-state index is 12.8. The van der Waals surface area contributed by atoms with E-state index in [4.69, 9.17) is 0 Å². The summed E-state index contributed by atoms with van der Waals surface area (Å²) >= 11 is 0. The molecule has 0 saturated heterocycles. The summed E-state index contributed by atoms with van der Waals surface area (Å²) in [5.41, 5.74) is 2.34. The Labute approximate surface area is 132 Å². The lowest BCUT2D eigenvalue weighted by Gasteiger charge is -2.19. The Morgan fingerprint density at radius 2 is 1.87 bits per heavy atom. The van der Waals surface area contributed by atoms with Gasteiger partial charge in [-0.25, -0.2) is 0 Å². The fourth-order valence-corrected chi connectivity index (χ4v) is 3.23. The van der Waals surface area contributed by atoms with Gasteiger partial charge in [0.25, 0.3) is 5.56 Å². The van der Waals surface area contributed by atoms with Crippen molar-refractivity contribution in [3.05, 3.63) is 59.0 Å². The molecule has 1 amide bonds.